The molecule has 0 aliphatic rings. The van der Waals surface area contributed by atoms with E-state index in [0.29, 0.717) is 23.3 Å². The van der Waals surface area contributed by atoms with E-state index in [1.54, 1.807) is 18.5 Å². The minimum Gasteiger partial charge on any atom is -0.439 e. The van der Waals surface area contributed by atoms with Gasteiger partial charge in [0.1, 0.15) is 11.6 Å². The number of benzene rings is 2. The van der Waals surface area contributed by atoms with Crippen molar-refractivity contribution in [2.24, 2.45) is 0 Å². The first-order valence-electron chi connectivity index (χ1n) is 9.82. The summed E-state index contributed by atoms with van der Waals surface area (Å²) in [6, 6.07) is 21.2. The topological polar surface area (TPSA) is 90.9 Å². The van der Waals surface area contributed by atoms with Crippen LogP contribution in [0.4, 0.5) is 17.3 Å². The zero-order valence-electron chi connectivity index (χ0n) is 16.9. The Morgan fingerprint density at radius 2 is 1.87 bits per heavy atom. The molecule has 0 bridgehead atoms. The Labute approximate surface area is 179 Å². The molecule has 0 atom stereocenters. The lowest BCUT2D eigenvalue weighted by molar-refractivity contribution is 0.463. The molecule has 0 unspecified atom stereocenters. The van der Waals surface area contributed by atoms with Crippen LogP contribution in [0.25, 0.3) is 16.7 Å². The average Bonchev–Trinajstić information content (AvgIpc) is 3.17. The molecule has 31 heavy (non-hydrogen) atoms. The van der Waals surface area contributed by atoms with Gasteiger partial charge < -0.3 is 20.4 Å². The van der Waals surface area contributed by atoms with Crippen LogP contribution in [-0.4, -0.2) is 19.5 Å². The van der Waals surface area contributed by atoms with Crippen LogP contribution in [0, 0.1) is 6.92 Å². The number of rotatable bonds is 5. The highest BCUT2D eigenvalue weighted by molar-refractivity contribution is 5.83. The Balaban J connectivity index is 1.38. The lowest BCUT2D eigenvalue weighted by Gasteiger charge is -2.09. The Kier molecular flexibility index (Phi) is 4.68. The SMILES string of the molecule is Cc1cc(N)cc(Nc2nccc(Oc3ccc4c(ccn4-c4ccccn4)c3)n2)c1. The van der Waals surface area contributed by atoms with E-state index in [2.05, 4.69) is 20.3 Å². The summed E-state index contributed by atoms with van der Waals surface area (Å²) in [6.07, 6.45) is 5.43. The Morgan fingerprint density at radius 1 is 0.935 bits per heavy atom. The van der Waals surface area contributed by atoms with E-state index in [4.69, 9.17) is 10.5 Å². The van der Waals surface area contributed by atoms with Crippen LogP contribution in [0.3, 0.4) is 0 Å². The van der Waals surface area contributed by atoms with Crippen LogP contribution in [-0.2, 0) is 0 Å². The van der Waals surface area contributed by atoms with Crippen molar-refractivity contribution in [3.63, 3.8) is 0 Å². The van der Waals surface area contributed by atoms with Gasteiger partial charge in [0, 0.05) is 41.4 Å². The highest BCUT2D eigenvalue weighted by atomic mass is 16.5. The summed E-state index contributed by atoms with van der Waals surface area (Å²) >= 11 is 0. The van der Waals surface area contributed by atoms with E-state index in [1.165, 1.54) is 0 Å². The summed E-state index contributed by atoms with van der Waals surface area (Å²) in [5, 5.41) is 4.22. The smallest absolute Gasteiger partial charge is 0.230 e. The van der Waals surface area contributed by atoms with E-state index in [9.17, 15) is 0 Å². The molecule has 0 aliphatic carbocycles. The van der Waals surface area contributed by atoms with E-state index < -0.39 is 0 Å². The fourth-order valence-electron chi connectivity index (χ4n) is 3.47. The van der Waals surface area contributed by atoms with Gasteiger partial charge in [0.05, 0.1) is 5.52 Å². The number of aromatic nitrogens is 4. The van der Waals surface area contributed by atoms with Gasteiger partial charge in [-0.2, -0.15) is 4.98 Å². The first-order chi connectivity index (χ1) is 15.1. The van der Waals surface area contributed by atoms with Gasteiger partial charge in [-0.15, -0.1) is 0 Å². The molecule has 0 fully saturated rings. The monoisotopic (exact) mass is 408 g/mol. The molecule has 0 amide bonds. The molecule has 0 saturated heterocycles. The normalized spacial score (nSPS) is 10.9. The largest absolute Gasteiger partial charge is 0.439 e. The number of hydrogen-bond acceptors (Lipinski definition) is 6. The third-order valence-electron chi connectivity index (χ3n) is 4.77. The number of nitrogens with one attached hydrogen (secondary N) is 1. The second-order valence-electron chi connectivity index (χ2n) is 7.17. The van der Waals surface area contributed by atoms with Gasteiger partial charge >= 0.3 is 0 Å². The number of hydrogen-bond donors (Lipinski definition) is 2. The van der Waals surface area contributed by atoms with Gasteiger partial charge in [-0.3, -0.25) is 0 Å². The summed E-state index contributed by atoms with van der Waals surface area (Å²) in [5.41, 5.74) is 9.53. The molecule has 152 valence electrons. The molecule has 5 rings (SSSR count). The Bertz CT molecular complexity index is 1340. The van der Waals surface area contributed by atoms with Crippen molar-refractivity contribution < 1.29 is 4.74 Å². The highest BCUT2D eigenvalue weighted by Crippen LogP contribution is 2.27. The van der Waals surface area contributed by atoms with Gasteiger partial charge in [-0.1, -0.05) is 6.07 Å². The number of pyridine rings is 1. The highest BCUT2D eigenvalue weighted by Gasteiger charge is 2.08. The number of nitrogens with zero attached hydrogens (tertiary/aromatic N) is 4. The summed E-state index contributed by atoms with van der Waals surface area (Å²) in [6.45, 7) is 1.99. The minimum atomic E-state index is 0.435. The van der Waals surface area contributed by atoms with Gasteiger partial charge in [0.15, 0.2) is 0 Å². The fourth-order valence-corrected chi connectivity index (χ4v) is 3.47. The third kappa shape index (κ3) is 4.02. The zero-order valence-corrected chi connectivity index (χ0v) is 16.9. The molecular weight excluding hydrogens is 388 g/mol. The number of ether oxygens (including phenoxy) is 1. The van der Waals surface area contributed by atoms with Crippen LogP contribution in [0.15, 0.2) is 85.3 Å². The minimum absolute atomic E-state index is 0.435. The van der Waals surface area contributed by atoms with Gasteiger partial charge in [-0.25, -0.2) is 9.97 Å². The summed E-state index contributed by atoms with van der Waals surface area (Å²) in [7, 11) is 0. The second kappa shape index (κ2) is 7.79. The molecule has 3 N–H and O–H groups in total. The number of anilines is 3. The van der Waals surface area contributed by atoms with E-state index >= 15 is 0 Å². The molecule has 3 heterocycles. The fraction of sp³-hybridized carbons (Fsp3) is 0.0417. The lowest BCUT2D eigenvalue weighted by atomic mass is 10.2. The van der Waals surface area contributed by atoms with Crippen molar-refractivity contribution in [3.8, 4) is 17.4 Å². The van der Waals surface area contributed by atoms with Gasteiger partial charge in [-0.05, 0) is 67.1 Å². The maximum Gasteiger partial charge on any atom is 0.230 e. The van der Waals surface area contributed by atoms with Gasteiger partial charge in [0.2, 0.25) is 11.8 Å². The standard InChI is InChI=1S/C24H20N6O/c1-16-12-18(25)15-19(13-16)28-24-27-10-7-23(29-24)31-20-5-6-21-17(14-20)8-11-30(21)22-4-2-3-9-26-22/h2-15H,25H2,1H3,(H,27,28,29). The Hall–Kier alpha value is -4.39. The molecule has 0 saturated carbocycles. The predicted molar refractivity (Wildman–Crippen MR) is 122 cm³/mol. The van der Waals surface area contributed by atoms with E-state index in [1.807, 2.05) is 78.4 Å². The summed E-state index contributed by atoms with van der Waals surface area (Å²) in [4.78, 5) is 13.1. The van der Waals surface area contributed by atoms with Crippen LogP contribution in [0.2, 0.25) is 0 Å². The molecule has 5 aromatic rings. The molecular formula is C24H20N6O. The summed E-state index contributed by atoms with van der Waals surface area (Å²) in [5.74, 6) is 2.44. The number of fused-ring (bicyclic) bond motifs is 1. The average molecular weight is 408 g/mol. The van der Waals surface area contributed by atoms with E-state index in [0.717, 1.165) is 28.0 Å². The molecule has 0 radical (unpaired) electrons. The number of nitrogens with two attached hydrogens (primary N) is 1. The molecule has 7 heteroatoms. The van der Waals surface area contributed by atoms with Gasteiger partial charge in [0.25, 0.3) is 0 Å². The van der Waals surface area contributed by atoms with E-state index in [-0.39, 0.29) is 0 Å². The molecule has 2 aromatic carbocycles. The van der Waals surface area contributed by atoms with Crippen LogP contribution >= 0.6 is 0 Å². The van der Waals surface area contributed by atoms with Crippen molar-refractivity contribution in [3.05, 3.63) is 90.9 Å². The molecule has 3 aromatic heterocycles. The lowest BCUT2D eigenvalue weighted by Crippen LogP contribution is -1.99. The van der Waals surface area contributed by atoms with Crippen molar-refractivity contribution >= 4 is 28.2 Å². The van der Waals surface area contributed by atoms with Crippen molar-refractivity contribution in [1.29, 1.82) is 0 Å². The number of aryl methyl sites for hydroxylation is 1. The molecule has 0 aliphatic heterocycles. The second-order valence-corrected chi connectivity index (χ2v) is 7.17. The van der Waals surface area contributed by atoms with Crippen LogP contribution in [0.5, 0.6) is 11.6 Å². The van der Waals surface area contributed by atoms with Crippen LogP contribution < -0.4 is 15.8 Å². The number of nitrogen functional groups attached to an aromatic ring is 1. The maximum atomic E-state index is 5.99. The molecule has 0 spiro atoms. The third-order valence-corrected chi connectivity index (χ3v) is 4.77. The first-order valence-corrected chi connectivity index (χ1v) is 9.82. The quantitative estimate of drug-likeness (QED) is 0.386. The predicted octanol–water partition coefficient (Wildman–Crippen LogP) is 5.24. The van der Waals surface area contributed by atoms with Crippen molar-refractivity contribution in [2.75, 3.05) is 11.1 Å². The van der Waals surface area contributed by atoms with Crippen LogP contribution in [0.1, 0.15) is 5.56 Å². The van der Waals surface area contributed by atoms with Crippen molar-refractivity contribution in [1.82, 2.24) is 19.5 Å². The first kappa shape index (κ1) is 18.6. The maximum absolute atomic E-state index is 5.99. The zero-order chi connectivity index (χ0) is 21.2. The van der Waals surface area contributed by atoms with Crippen molar-refractivity contribution in [2.45, 2.75) is 6.92 Å². The summed E-state index contributed by atoms with van der Waals surface area (Å²) < 4.78 is 8.03. The molecule has 7 nitrogen and oxygen atoms in total. The Morgan fingerprint density at radius 3 is 2.71 bits per heavy atom.